The minimum atomic E-state index is -1.03. The number of hydrogen-bond acceptors (Lipinski definition) is 6. The quantitative estimate of drug-likeness (QED) is 0.443. The van der Waals surface area contributed by atoms with Gasteiger partial charge in [-0.05, 0) is 49.7 Å². The fourth-order valence-corrected chi connectivity index (χ4v) is 3.05. The maximum atomic E-state index is 12.6. The predicted molar refractivity (Wildman–Crippen MR) is 116 cm³/mol. The molecule has 3 aromatic rings. The lowest BCUT2D eigenvalue weighted by Crippen LogP contribution is -2.30. The van der Waals surface area contributed by atoms with Crippen molar-refractivity contribution in [3.8, 4) is 0 Å². The van der Waals surface area contributed by atoms with Crippen LogP contribution in [0.3, 0.4) is 0 Å². The zero-order valence-electron chi connectivity index (χ0n) is 17.3. The monoisotopic (exact) mass is 421 g/mol. The number of rotatable bonds is 8. The van der Waals surface area contributed by atoms with Gasteiger partial charge < -0.3 is 10.1 Å². The Balaban J connectivity index is 1.62. The summed E-state index contributed by atoms with van der Waals surface area (Å²) in [7, 11) is 0. The highest BCUT2D eigenvalue weighted by Gasteiger charge is 2.20. The third-order valence-electron chi connectivity index (χ3n) is 4.64. The molecule has 0 saturated heterocycles. The van der Waals surface area contributed by atoms with Crippen molar-refractivity contribution in [2.75, 3.05) is 5.32 Å². The highest BCUT2D eigenvalue weighted by atomic mass is 16.5. The molecule has 0 saturated carbocycles. The summed E-state index contributed by atoms with van der Waals surface area (Å²) in [5.41, 5.74) is 1.11. The predicted octanol–water partition coefficient (Wildman–Crippen LogP) is 2.95. The van der Waals surface area contributed by atoms with Crippen LogP contribution in [0.5, 0.6) is 0 Å². The zero-order chi connectivity index (χ0) is 22.4. The number of para-hydroxylation sites is 1. The van der Waals surface area contributed by atoms with Gasteiger partial charge in [-0.2, -0.15) is 0 Å². The average molecular weight is 421 g/mol. The van der Waals surface area contributed by atoms with Crippen molar-refractivity contribution in [3.05, 3.63) is 70.8 Å². The minimum Gasteiger partial charge on any atom is -0.453 e. The van der Waals surface area contributed by atoms with Gasteiger partial charge in [0.1, 0.15) is 6.54 Å². The van der Waals surface area contributed by atoms with Gasteiger partial charge in [-0.15, -0.1) is 0 Å². The normalized spacial score (nSPS) is 11.7. The largest absolute Gasteiger partial charge is 0.453 e. The Labute approximate surface area is 178 Å². The maximum absolute atomic E-state index is 12.6. The van der Waals surface area contributed by atoms with Gasteiger partial charge >= 0.3 is 5.97 Å². The molecular formula is C23H23N3O5. The van der Waals surface area contributed by atoms with E-state index in [1.807, 2.05) is 6.92 Å². The molecule has 1 unspecified atom stereocenters. The van der Waals surface area contributed by atoms with Crippen molar-refractivity contribution >= 4 is 34.3 Å². The number of amides is 1. The van der Waals surface area contributed by atoms with E-state index in [1.54, 1.807) is 48.5 Å². The summed E-state index contributed by atoms with van der Waals surface area (Å²) in [4.78, 5) is 53.1. The Morgan fingerprint density at radius 2 is 1.81 bits per heavy atom. The molecule has 0 bridgehead atoms. The van der Waals surface area contributed by atoms with Crippen molar-refractivity contribution in [2.24, 2.45) is 0 Å². The van der Waals surface area contributed by atoms with E-state index < -0.39 is 12.1 Å². The van der Waals surface area contributed by atoms with E-state index in [0.29, 0.717) is 28.6 Å². The molecule has 1 N–H and O–H groups in total. The number of fused-ring (bicyclic) bond motifs is 1. The number of anilines is 1. The van der Waals surface area contributed by atoms with E-state index in [2.05, 4.69) is 10.3 Å². The molecule has 0 aliphatic carbocycles. The van der Waals surface area contributed by atoms with Crippen LogP contribution in [0.25, 0.3) is 10.9 Å². The van der Waals surface area contributed by atoms with E-state index in [9.17, 15) is 19.2 Å². The number of nitrogens with zero attached hydrogens (tertiary/aromatic N) is 2. The van der Waals surface area contributed by atoms with E-state index in [0.717, 1.165) is 11.0 Å². The highest BCUT2D eigenvalue weighted by Crippen LogP contribution is 2.13. The Kier molecular flexibility index (Phi) is 6.92. The van der Waals surface area contributed by atoms with Crippen LogP contribution in [-0.4, -0.2) is 33.3 Å². The molecule has 0 aliphatic rings. The van der Waals surface area contributed by atoms with Crippen LogP contribution in [-0.2, 0) is 20.9 Å². The van der Waals surface area contributed by atoms with Crippen LogP contribution in [0.15, 0.2) is 59.7 Å². The number of hydrogen-bond donors (Lipinski definition) is 1. The van der Waals surface area contributed by atoms with E-state index >= 15 is 0 Å². The van der Waals surface area contributed by atoms with Gasteiger partial charge in [0.2, 0.25) is 11.7 Å². The first-order valence-corrected chi connectivity index (χ1v) is 9.97. The lowest BCUT2D eigenvalue weighted by atomic mass is 10.1. The smallest absolute Gasteiger partial charge is 0.326 e. The molecule has 160 valence electrons. The number of esters is 1. The molecule has 1 atom stereocenters. The number of ether oxygens (including phenoxy) is 1. The first kappa shape index (κ1) is 21.9. The van der Waals surface area contributed by atoms with Crippen molar-refractivity contribution in [1.29, 1.82) is 0 Å². The van der Waals surface area contributed by atoms with Crippen LogP contribution in [0, 0.1) is 0 Å². The Morgan fingerprint density at radius 3 is 2.52 bits per heavy atom. The lowest BCUT2D eigenvalue weighted by molar-refractivity contribution is -0.147. The molecule has 3 rings (SSSR count). The zero-order valence-corrected chi connectivity index (χ0v) is 17.3. The second kappa shape index (κ2) is 9.80. The molecule has 31 heavy (non-hydrogen) atoms. The number of ketones is 1. The lowest BCUT2D eigenvalue weighted by Gasteiger charge is -2.13. The fourth-order valence-electron chi connectivity index (χ4n) is 3.05. The maximum Gasteiger partial charge on any atom is 0.326 e. The third-order valence-corrected chi connectivity index (χ3v) is 4.64. The number of benzene rings is 2. The van der Waals surface area contributed by atoms with Gasteiger partial charge in [0, 0.05) is 17.7 Å². The van der Waals surface area contributed by atoms with Crippen LogP contribution >= 0.6 is 0 Å². The first-order chi connectivity index (χ1) is 14.9. The Bertz CT molecular complexity index is 1170. The summed E-state index contributed by atoms with van der Waals surface area (Å²) in [6.45, 7) is 3.03. The van der Waals surface area contributed by atoms with Crippen molar-refractivity contribution in [3.63, 3.8) is 0 Å². The summed E-state index contributed by atoms with van der Waals surface area (Å²) in [6, 6.07) is 13.2. The van der Waals surface area contributed by atoms with Crippen LogP contribution in [0.1, 0.15) is 37.0 Å². The summed E-state index contributed by atoms with van der Waals surface area (Å²) in [5.74, 6) is -1.20. The standard InChI is InChI=1S/C23H23N3O5/c1-3-6-20(27)25-17-11-9-16(10-12-17)22(29)15(2)31-21(28)13-26-14-24-19-8-5-4-7-18(19)23(26)30/h4-5,7-12,14-15H,3,6,13H2,1-2H3,(H,25,27). The number of Topliss-reactive ketones (excluding diaryl/α,β-unsaturated/α-hetero) is 1. The van der Waals surface area contributed by atoms with Crippen molar-refractivity contribution < 1.29 is 19.1 Å². The van der Waals surface area contributed by atoms with Crippen LogP contribution in [0.2, 0.25) is 0 Å². The minimum absolute atomic E-state index is 0.0951. The molecule has 8 nitrogen and oxygen atoms in total. The molecule has 0 aliphatic heterocycles. The Hall–Kier alpha value is -3.81. The number of aromatic nitrogens is 2. The summed E-state index contributed by atoms with van der Waals surface area (Å²) in [6.07, 6.45) is 1.41. The first-order valence-electron chi connectivity index (χ1n) is 9.97. The molecule has 1 aromatic heterocycles. The van der Waals surface area contributed by atoms with Crippen molar-refractivity contribution in [1.82, 2.24) is 9.55 Å². The van der Waals surface area contributed by atoms with Crippen LogP contribution in [0.4, 0.5) is 5.69 Å². The topological polar surface area (TPSA) is 107 Å². The molecule has 1 heterocycles. The van der Waals surface area contributed by atoms with Gasteiger partial charge in [0.05, 0.1) is 17.2 Å². The Morgan fingerprint density at radius 1 is 1.10 bits per heavy atom. The van der Waals surface area contributed by atoms with E-state index in [-0.39, 0.29) is 23.8 Å². The second-order valence-corrected chi connectivity index (χ2v) is 7.07. The molecular weight excluding hydrogens is 398 g/mol. The molecule has 0 spiro atoms. The summed E-state index contributed by atoms with van der Waals surface area (Å²) in [5, 5.41) is 3.14. The van der Waals surface area contributed by atoms with E-state index in [1.165, 1.54) is 13.3 Å². The average Bonchev–Trinajstić information content (AvgIpc) is 2.76. The number of carbonyl (C=O) groups is 3. The molecule has 1 amide bonds. The summed E-state index contributed by atoms with van der Waals surface area (Å²) >= 11 is 0. The molecule has 0 radical (unpaired) electrons. The van der Waals surface area contributed by atoms with Gasteiger partial charge in [-0.3, -0.25) is 23.7 Å². The molecule has 2 aromatic carbocycles. The van der Waals surface area contributed by atoms with Crippen molar-refractivity contribution in [2.45, 2.75) is 39.3 Å². The van der Waals surface area contributed by atoms with E-state index in [4.69, 9.17) is 4.74 Å². The number of nitrogens with one attached hydrogen (secondary N) is 1. The molecule has 0 fully saturated rings. The van der Waals surface area contributed by atoms with Gasteiger partial charge in [-0.25, -0.2) is 4.98 Å². The molecule has 8 heteroatoms. The highest BCUT2D eigenvalue weighted by molar-refractivity contribution is 6.00. The van der Waals surface area contributed by atoms with Gasteiger partial charge in [0.25, 0.3) is 5.56 Å². The summed E-state index contributed by atoms with van der Waals surface area (Å²) < 4.78 is 6.37. The second-order valence-electron chi connectivity index (χ2n) is 7.07. The van der Waals surface area contributed by atoms with Gasteiger partial charge in [-0.1, -0.05) is 19.1 Å². The SMILES string of the molecule is CCCC(=O)Nc1ccc(C(=O)C(C)OC(=O)Cn2cnc3ccccc3c2=O)cc1. The van der Waals surface area contributed by atoms with Gasteiger partial charge in [0.15, 0.2) is 6.10 Å². The fraction of sp³-hybridized carbons (Fsp3) is 0.261. The third kappa shape index (κ3) is 5.42. The number of carbonyl (C=O) groups excluding carboxylic acids is 3. The van der Waals surface area contributed by atoms with Crippen LogP contribution < -0.4 is 10.9 Å².